The fourth-order valence-corrected chi connectivity index (χ4v) is 0.890. The van der Waals surface area contributed by atoms with Crippen molar-refractivity contribution < 1.29 is 9.59 Å². The summed E-state index contributed by atoms with van der Waals surface area (Å²) in [6.45, 7) is 0.427. The van der Waals surface area contributed by atoms with E-state index in [-0.39, 0.29) is 0 Å². The third kappa shape index (κ3) is 1.07. The highest BCUT2D eigenvalue weighted by molar-refractivity contribution is 5.84. The van der Waals surface area contributed by atoms with Crippen LogP contribution in [0, 0.1) is 5.41 Å². The Labute approximate surface area is 59.1 Å². The zero-order valence-electron chi connectivity index (χ0n) is 5.54. The molecule has 0 fully saturated rings. The van der Waals surface area contributed by atoms with E-state index >= 15 is 0 Å². The van der Waals surface area contributed by atoms with Gasteiger partial charge in [0.15, 0.2) is 0 Å². The molecular weight excluding hydrogens is 130 g/mol. The number of carbonyl (C=O) groups is 2. The van der Waals surface area contributed by atoms with Gasteiger partial charge in [0.05, 0.1) is 0 Å². The number of hydrogen-bond acceptors (Lipinski definition) is 3. The summed E-state index contributed by atoms with van der Waals surface area (Å²) < 4.78 is 0. The predicted molar refractivity (Wildman–Crippen MR) is 36.3 cm³/mol. The van der Waals surface area contributed by atoms with Crippen LogP contribution in [0.25, 0.3) is 0 Å². The summed E-state index contributed by atoms with van der Waals surface area (Å²) in [7, 11) is 0. The monoisotopic (exact) mass is 139 g/mol. The molecule has 0 bridgehead atoms. The number of aldehydes is 2. The minimum Gasteiger partial charge on any atom is -0.390 e. The molecule has 0 unspecified atom stereocenters. The lowest BCUT2D eigenvalue weighted by atomic mass is 9.86. The average molecular weight is 139 g/mol. The minimum atomic E-state index is -0.797. The topological polar surface area (TPSA) is 46.2 Å². The molecule has 1 aliphatic heterocycles. The summed E-state index contributed by atoms with van der Waals surface area (Å²) >= 11 is 0. The van der Waals surface area contributed by atoms with Crippen molar-refractivity contribution in [2.45, 2.75) is 6.42 Å². The number of hydrogen-bond donors (Lipinski definition) is 1. The summed E-state index contributed by atoms with van der Waals surface area (Å²) in [5, 5.41) is 2.83. The van der Waals surface area contributed by atoms with Crippen LogP contribution in [0.1, 0.15) is 6.42 Å². The predicted octanol–water partition coefficient (Wildman–Crippen LogP) is -0.122. The maximum Gasteiger partial charge on any atom is 0.135 e. The van der Waals surface area contributed by atoms with Crippen molar-refractivity contribution in [3.8, 4) is 0 Å². The lowest BCUT2D eigenvalue weighted by molar-refractivity contribution is -0.125. The van der Waals surface area contributed by atoms with Gasteiger partial charge in [0.2, 0.25) is 0 Å². The largest absolute Gasteiger partial charge is 0.390 e. The van der Waals surface area contributed by atoms with Crippen molar-refractivity contribution in [2.75, 3.05) is 6.54 Å². The average Bonchev–Trinajstić information content (AvgIpc) is 2.06. The Bertz CT molecular complexity index is 166. The van der Waals surface area contributed by atoms with E-state index < -0.39 is 5.41 Å². The maximum atomic E-state index is 10.4. The molecule has 1 N–H and O–H groups in total. The molecular formula is C7H9NO2. The molecule has 1 rings (SSSR count). The zero-order chi connectivity index (χ0) is 7.45. The van der Waals surface area contributed by atoms with Gasteiger partial charge in [-0.15, -0.1) is 0 Å². The van der Waals surface area contributed by atoms with Crippen LogP contribution in [-0.2, 0) is 9.59 Å². The van der Waals surface area contributed by atoms with Gasteiger partial charge in [-0.3, -0.25) is 0 Å². The standard InChI is InChI=1S/C7H9NO2/c9-5-7(6-10)2-1-3-8-4-7/h1,3,5-6,8H,2,4H2. The Morgan fingerprint density at radius 2 is 2.10 bits per heavy atom. The Morgan fingerprint density at radius 1 is 1.40 bits per heavy atom. The molecule has 0 aromatic rings. The molecule has 1 aliphatic rings. The molecule has 0 saturated heterocycles. The van der Waals surface area contributed by atoms with Gasteiger partial charge in [0.1, 0.15) is 18.0 Å². The lowest BCUT2D eigenvalue weighted by Gasteiger charge is -2.22. The SMILES string of the molecule is O=CC1(C=O)CC=CNC1. The molecule has 0 atom stereocenters. The summed E-state index contributed by atoms with van der Waals surface area (Å²) in [6.07, 6.45) is 5.47. The van der Waals surface area contributed by atoms with Crippen LogP contribution >= 0.6 is 0 Å². The first kappa shape index (κ1) is 6.99. The molecule has 0 aromatic carbocycles. The number of rotatable bonds is 2. The van der Waals surface area contributed by atoms with Crippen molar-refractivity contribution in [2.24, 2.45) is 5.41 Å². The Balaban J connectivity index is 2.73. The quantitative estimate of drug-likeness (QED) is 0.428. The normalized spacial score (nSPS) is 21.2. The van der Waals surface area contributed by atoms with Crippen LogP contribution in [-0.4, -0.2) is 19.1 Å². The van der Waals surface area contributed by atoms with Crippen molar-refractivity contribution >= 4 is 12.6 Å². The second kappa shape index (κ2) is 2.64. The third-order valence-corrected chi connectivity index (χ3v) is 1.63. The van der Waals surface area contributed by atoms with Gasteiger partial charge in [-0.2, -0.15) is 0 Å². The van der Waals surface area contributed by atoms with Gasteiger partial charge >= 0.3 is 0 Å². The molecule has 0 saturated carbocycles. The summed E-state index contributed by atoms with van der Waals surface area (Å²) in [6, 6.07) is 0. The molecule has 10 heavy (non-hydrogen) atoms. The summed E-state index contributed by atoms with van der Waals surface area (Å²) in [5.74, 6) is 0. The third-order valence-electron chi connectivity index (χ3n) is 1.63. The van der Waals surface area contributed by atoms with Gasteiger partial charge in [-0.25, -0.2) is 0 Å². The van der Waals surface area contributed by atoms with Crippen molar-refractivity contribution in [3.05, 3.63) is 12.3 Å². The minimum absolute atomic E-state index is 0.427. The first-order valence-corrected chi connectivity index (χ1v) is 3.14. The smallest absolute Gasteiger partial charge is 0.135 e. The van der Waals surface area contributed by atoms with E-state index in [2.05, 4.69) is 5.32 Å². The van der Waals surface area contributed by atoms with Crippen LogP contribution in [0.2, 0.25) is 0 Å². The van der Waals surface area contributed by atoms with Crippen molar-refractivity contribution in [1.82, 2.24) is 5.32 Å². The molecule has 3 heteroatoms. The Morgan fingerprint density at radius 3 is 2.40 bits per heavy atom. The van der Waals surface area contributed by atoms with Gasteiger partial charge < -0.3 is 14.9 Å². The van der Waals surface area contributed by atoms with Crippen molar-refractivity contribution in [3.63, 3.8) is 0 Å². The second-order valence-corrected chi connectivity index (χ2v) is 2.46. The number of nitrogens with one attached hydrogen (secondary N) is 1. The van der Waals surface area contributed by atoms with Gasteiger partial charge in [-0.1, -0.05) is 6.08 Å². The molecule has 0 spiro atoms. The molecule has 0 amide bonds. The van der Waals surface area contributed by atoms with Crippen LogP contribution < -0.4 is 5.32 Å². The van der Waals surface area contributed by atoms with Gasteiger partial charge in [0.25, 0.3) is 0 Å². The van der Waals surface area contributed by atoms with E-state index in [1.807, 2.05) is 0 Å². The van der Waals surface area contributed by atoms with Crippen LogP contribution in [0.4, 0.5) is 0 Å². The summed E-state index contributed by atoms with van der Waals surface area (Å²) in [5.41, 5.74) is -0.797. The van der Waals surface area contributed by atoms with Gasteiger partial charge in [-0.05, 0) is 12.6 Å². The van der Waals surface area contributed by atoms with E-state index in [0.29, 0.717) is 25.5 Å². The molecule has 0 aliphatic carbocycles. The summed E-state index contributed by atoms with van der Waals surface area (Å²) in [4.78, 5) is 20.8. The van der Waals surface area contributed by atoms with Gasteiger partial charge in [0, 0.05) is 6.54 Å². The fraction of sp³-hybridized carbons (Fsp3) is 0.429. The highest BCUT2D eigenvalue weighted by Gasteiger charge is 2.28. The second-order valence-electron chi connectivity index (χ2n) is 2.46. The van der Waals surface area contributed by atoms with E-state index in [0.717, 1.165) is 0 Å². The number of carbonyl (C=O) groups excluding carboxylic acids is 2. The van der Waals surface area contributed by atoms with E-state index in [4.69, 9.17) is 0 Å². The van der Waals surface area contributed by atoms with Crippen LogP contribution in [0.15, 0.2) is 12.3 Å². The molecule has 0 aromatic heterocycles. The maximum absolute atomic E-state index is 10.4. The first-order chi connectivity index (χ1) is 4.83. The molecule has 0 radical (unpaired) electrons. The Hall–Kier alpha value is -1.12. The fourth-order valence-electron chi connectivity index (χ4n) is 0.890. The van der Waals surface area contributed by atoms with E-state index in [1.165, 1.54) is 0 Å². The molecule has 3 nitrogen and oxygen atoms in total. The first-order valence-electron chi connectivity index (χ1n) is 3.14. The highest BCUT2D eigenvalue weighted by atomic mass is 16.1. The zero-order valence-corrected chi connectivity index (χ0v) is 5.54. The van der Waals surface area contributed by atoms with Crippen LogP contribution in [0.3, 0.4) is 0 Å². The van der Waals surface area contributed by atoms with Crippen LogP contribution in [0.5, 0.6) is 0 Å². The number of allylic oxidation sites excluding steroid dienone is 1. The van der Waals surface area contributed by atoms with E-state index in [1.54, 1.807) is 12.3 Å². The molecule has 54 valence electrons. The highest BCUT2D eigenvalue weighted by Crippen LogP contribution is 2.17. The Kier molecular flexibility index (Phi) is 1.85. The lowest BCUT2D eigenvalue weighted by Crippen LogP contribution is -2.37. The molecule has 1 heterocycles. The van der Waals surface area contributed by atoms with E-state index in [9.17, 15) is 9.59 Å². The van der Waals surface area contributed by atoms with Crippen molar-refractivity contribution in [1.29, 1.82) is 0 Å².